The van der Waals surface area contributed by atoms with Crippen molar-refractivity contribution in [2.45, 2.75) is 12.6 Å². The molecule has 4 nitrogen and oxygen atoms in total. The molecule has 1 heterocycles. The van der Waals surface area contributed by atoms with Crippen LogP contribution in [0, 0.1) is 0 Å². The molecule has 1 aliphatic heterocycles. The third kappa shape index (κ3) is 1.86. The molecule has 0 spiro atoms. The molecular formula is C7H6F3NO3. The molecule has 14 heavy (non-hydrogen) atoms. The van der Waals surface area contributed by atoms with E-state index in [4.69, 9.17) is 0 Å². The Morgan fingerprint density at radius 2 is 2.07 bits per heavy atom. The summed E-state index contributed by atoms with van der Waals surface area (Å²) in [6, 6.07) is 0. The Morgan fingerprint density at radius 3 is 2.50 bits per heavy atom. The molecule has 78 valence electrons. The van der Waals surface area contributed by atoms with Crippen LogP contribution < -0.4 is 5.32 Å². The van der Waals surface area contributed by atoms with Crippen LogP contribution in [0.4, 0.5) is 13.2 Å². The fraction of sp³-hybridized carbons (Fsp3) is 0.429. The van der Waals surface area contributed by atoms with Crippen LogP contribution >= 0.6 is 0 Å². The predicted octanol–water partition coefficient (Wildman–Crippen LogP) is 0.496. The normalized spacial score (nSPS) is 17.0. The lowest BCUT2D eigenvalue weighted by Crippen LogP contribution is -2.26. The fourth-order valence-corrected chi connectivity index (χ4v) is 1.05. The van der Waals surface area contributed by atoms with Gasteiger partial charge in [0.2, 0.25) is 5.91 Å². The van der Waals surface area contributed by atoms with E-state index in [-0.39, 0.29) is 0 Å². The molecule has 0 fully saturated rings. The highest BCUT2D eigenvalue weighted by atomic mass is 19.4. The molecule has 0 aromatic rings. The van der Waals surface area contributed by atoms with Crippen molar-refractivity contribution in [2.75, 3.05) is 7.11 Å². The fourth-order valence-electron chi connectivity index (χ4n) is 1.05. The molecular weight excluding hydrogens is 203 g/mol. The van der Waals surface area contributed by atoms with Crippen molar-refractivity contribution in [3.05, 3.63) is 11.3 Å². The highest BCUT2D eigenvalue weighted by molar-refractivity contribution is 6.00. The number of carbonyl (C=O) groups excluding carboxylic acids is 2. The van der Waals surface area contributed by atoms with Crippen LogP contribution in [-0.4, -0.2) is 25.2 Å². The molecule has 0 bridgehead atoms. The van der Waals surface area contributed by atoms with E-state index in [0.717, 1.165) is 7.11 Å². The van der Waals surface area contributed by atoms with E-state index in [0.29, 0.717) is 0 Å². The standard InChI is InChI=1S/C7H6F3NO3/c1-14-6(13)3-2-4(12)11-5(3)7(8,9)10/h2H2,1H3,(H,11,12). The van der Waals surface area contributed by atoms with Gasteiger partial charge in [-0.05, 0) is 0 Å². The summed E-state index contributed by atoms with van der Waals surface area (Å²) in [5, 5.41) is 1.57. The number of allylic oxidation sites excluding steroid dienone is 1. The van der Waals surface area contributed by atoms with Gasteiger partial charge in [0.05, 0.1) is 19.1 Å². The van der Waals surface area contributed by atoms with Gasteiger partial charge in [-0.25, -0.2) is 4.79 Å². The summed E-state index contributed by atoms with van der Waals surface area (Å²) >= 11 is 0. The molecule has 0 atom stereocenters. The largest absolute Gasteiger partial charge is 0.466 e. The lowest BCUT2D eigenvalue weighted by molar-refractivity contribution is -0.137. The van der Waals surface area contributed by atoms with Gasteiger partial charge in [0.1, 0.15) is 5.70 Å². The van der Waals surface area contributed by atoms with Crippen molar-refractivity contribution in [1.82, 2.24) is 5.32 Å². The van der Waals surface area contributed by atoms with Crippen molar-refractivity contribution >= 4 is 11.9 Å². The van der Waals surface area contributed by atoms with Crippen LogP contribution in [0.25, 0.3) is 0 Å². The molecule has 0 aliphatic carbocycles. The average Bonchev–Trinajstić information content (AvgIpc) is 2.45. The van der Waals surface area contributed by atoms with E-state index >= 15 is 0 Å². The SMILES string of the molecule is COC(=O)C1=C(C(F)(F)F)NC(=O)C1. The first-order chi connectivity index (χ1) is 6.36. The predicted molar refractivity (Wildman–Crippen MR) is 37.9 cm³/mol. The summed E-state index contributed by atoms with van der Waals surface area (Å²) in [4.78, 5) is 21.5. The lowest BCUT2D eigenvalue weighted by Gasteiger charge is -2.08. The van der Waals surface area contributed by atoms with Gasteiger partial charge >= 0.3 is 12.1 Å². The van der Waals surface area contributed by atoms with Crippen LogP contribution in [0.1, 0.15) is 6.42 Å². The number of hydrogen-bond donors (Lipinski definition) is 1. The minimum absolute atomic E-state index is 0.596. The van der Waals surface area contributed by atoms with Crippen molar-refractivity contribution in [1.29, 1.82) is 0 Å². The topological polar surface area (TPSA) is 55.4 Å². The van der Waals surface area contributed by atoms with E-state index in [9.17, 15) is 22.8 Å². The summed E-state index contributed by atoms with van der Waals surface area (Å²) < 4.78 is 40.7. The zero-order chi connectivity index (χ0) is 10.9. The summed E-state index contributed by atoms with van der Waals surface area (Å²) in [5.74, 6) is -2.01. The van der Waals surface area contributed by atoms with Crippen molar-refractivity contribution in [3.8, 4) is 0 Å². The number of esters is 1. The van der Waals surface area contributed by atoms with E-state index in [1.165, 1.54) is 0 Å². The molecule has 1 rings (SSSR count). The smallest absolute Gasteiger partial charge is 0.431 e. The number of rotatable bonds is 1. The Labute approximate surface area is 76.7 Å². The molecule has 1 aliphatic rings. The number of nitrogens with one attached hydrogen (secondary N) is 1. The van der Waals surface area contributed by atoms with Crippen molar-refractivity contribution in [2.24, 2.45) is 0 Å². The number of carbonyl (C=O) groups is 2. The number of halogens is 3. The molecule has 0 saturated carbocycles. The van der Waals surface area contributed by atoms with Crippen LogP contribution in [0.15, 0.2) is 11.3 Å². The number of methoxy groups -OCH3 is 1. The van der Waals surface area contributed by atoms with Gasteiger partial charge < -0.3 is 10.1 Å². The Hall–Kier alpha value is -1.53. The molecule has 0 radical (unpaired) electrons. The number of alkyl halides is 3. The van der Waals surface area contributed by atoms with Crippen LogP contribution in [0.3, 0.4) is 0 Å². The maximum atomic E-state index is 12.2. The number of amides is 1. The zero-order valence-electron chi connectivity index (χ0n) is 7.07. The van der Waals surface area contributed by atoms with Crippen LogP contribution in [0.2, 0.25) is 0 Å². The molecule has 0 aromatic heterocycles. The molecule has 0 unspecified atom stereocenters. The summed E-state index contributed by atoms with van der Waals surface area (Å²) in [6.45, 7) is 0. The van der Waals surface area contributed by atoms with Gasteiger partial charge in [-0.15, -0.1) is 0 Å². The Balaban J connectivity index is 3.07. The number of ether oxygens (including phenoxy) is 1. The van der Waals surface area contributed by atoms with Gasteiger partial charge in [0.25, 0.3) is 0 Å². The van der Waals surface area contributed by atoms with E-state index in [2.05, 4.69) is 4.74 Å². The second-order valence-corrected chi connectivity index (χ2v) is 2.57. The molecule has 7 heteroatoms. The zero-order valence-corrected chi connectivity index (χ0v) is 7.07. The monoisotopic (exact) mass is 209 g/mol. The highest BCUT2D eigenvalue weighted by Crippen LogP contribution is 2.31. The summed E-state index contributed by atoms with van der Waals surface area (Å²) in [6.07, 6.45) is -5.34. The first-order valence-corrected chi connectivity index (χ1v) is 3.54. The maximum Gasteiger partial charge on any atom is 0.431 e. The third-order valence-corrected chi connectivity index (χ3v) is 1.62. The van der Waals surface area contributed by atoms with Gasteiger partial charge in [-0.3, -0.25) is 4.79 Å². The Morgan fingerprint density at radius 1 is 1.50 bits per heavy atom. The second kappa shape index (κ2) is 3.32. The molecule has 0 saturated heterocycles. The van der Waals surface area contributed by atoms with E-state index in [1.54, 1.807) is 5.32 Å². The van der Waals surface area contributed by atoms with Crippen LogP contribution in [-0.2, 0) is 14.3 Å². The first kappa shape index (κ1) is 10.6. The highest BCUT2D eigenvalue weighted by Gasteiger charge is 2.43. The second-order valence-electron chi connectivity index (χ2n) is 2.57. The minimum atomic E-state index is -4.74. The molecule has 1 amide bonds. The van der Waals surface area contributed by atoms with Gasteiger partial charge in [0, 0.05) is 0 Å². The van der Waals surface area contributed by atoms with Gasteiger partial charge in [-0.2, -0.15) is 13.2 Å². The van der Waals surface area contributed by atoms with Gasteiger partial charge in [-0.1, -0.05) is 0 Å². The summed E-state index contributed by atoms with van der Waals surface area (Å²) in [7, 11) is 0.951. The van der Waals surface area contributed by atoms with Crippen molar-refractivity contribution < 1.29 is 27.5 Å². The first-order valence-electron chi connectivity index (χ1n) is 3.54. The Kier molecular flexibility index (Phi) is 2.50. The van der Waals surface area contributed by atoms with Gasteiger partial charge in [0.15, 0.2) is 0 Å². The summed E-state index contributed by atoms with van der Waals surface area (Å²) in [5.41, 5.74) is -2.00. The third-order valence-electron chi connectivity index (χ3n) is 1.62. The maximum absolute atomic E-state index is 12.2. The average molecular weight is 209 g/mol. The van der Waals surface area contributed by atoms with E-state index < -0.39 is 35.7 Å². The quantitative estimate of drug-likeness (QED) is 0.639. The molecule has 1 N–H and O–H groups in total. The molecule has 0 aromatic carbocycles. The Bertz CT molecular complexity index is 319. The number of hydrogen-bond acceptors (Lipinski definition) is 3. The van der Waals surface area contributed by atoms with Crippen molar-refractivity contribution in [3.63, 3.8) is 0 Å². The van der Waals surface area contributed by atoms with Crippen LogP contribution in [0.5, 0.6) is 0 Å². The minimum Gasteiger partial charge on any atom is -0.466 e. The lowest BCUT2D eigenvalue weighted by atomic mass is 10.2. The van der Waals surface area contributed by atoms with E-state index in [1.807, 2.05) is 0 Å².